The van der Waals surface area contributed by atoms with E-state index in [1.54, 1.807) is 0 Å². The van der Waals surface area contributed by atoms with Crippen molar-refractivity contribution in [2.75, 3.05) is 40.8 Å². The summed E-state index contributed by atoms with van der Waals surface area (Å²) in [6, 6.07) is 9.15. The zero-order valence-electron chi connectivity index (χ0n) is 12.2. The highest BCUT2D eigenvalue weighted by Crippen LogP contribution is 2.18. The molecule has 0 heterocycles. The summed E-state index contributed by atoms with van der Waals surface area (Å²) in [6.45, 7) is 4.93. The molecule has 1 aromatic rings. The first-order valence-electron chi connectivity index (χ1n) is 6.72. The first-order chi connectivity index (χ1) is 8.58. The molecule has 18 heavy (non-hydrogen) atoms. The number of nitrogens with two attached hydrogens (primary N) is 1. The van der Waals surface area contributed by atoms with Crippen LogP contribution < -0.4 is 5.73 Å². The molecule has 0 aliphatic carbocycles. The number of benzene rings is 1. The van der Waals surface area contributed by atoms with Crippen LogP contribution in [0, 0.1) is 0 Å². The van der Waals surface area contributed by atoms with E-state index >= 15 is 0 Å². The van der Waals surface area contributed by atoms with Gasteiger partial charge in [0.2, 0.25) is 0 Å². The van der Waals surface area contributed by atoms with Crippen molar-refractivity contribution >= 4 is 0 Å². The minimum absolute atomic E-state index is 0.316. The Kier molecular flexibility index (Phi) is 6.33. The average molecular weight is 249 g/mol. The number of likely N-dealkylation sites (N-methyl/N-ethyl adjacent to an activating group) is 2. The molecule has 1 rings (SSSR count). The maximum atomic E-state index is 5.93. The van der Waals surface area contributed by atoms with E-state index in [0.717, 1.165) is 19.5 Å². The van der Waals surface area contributed by atoms with Gasteiger partial charge >= 0.3 is 0 Å². The number of nitrogens with zero attached hydrogens (tertiary/aromatic N) is 2. The molecule has 0 aromatic heterocycles. The second-order valence-electron chi connectivity index (χ2n) is 5.13. The summed E-state index contributed by atoms with van der Waals surface area (Å²) < 4.78 is 0. The van der Waals surface area contributed by atoms with E-state index in [4.69, 9.17) is 5.73 Å². The second kappa shape index (κ2) is 7.52. The summed E-state index contributed by atoms with van der Waals surface area (Å²) in [5.41, 5.74) is 8.62. The fraction of sp³-hybridized carbons (Fsp3) is 0.600. The topological polar surface area (TPSA) is 32.5 Å². The maximum absolute atomic E-state index is 5.93. The van der Waals surface area contributed by atoms with E-state index < -0.39 is 0 Å². The van der Waals surface area contributed by atoms with Crippen molar-refractivity contribution in [1.82, 2.24) is 9.80 Å². The molecule has 0 radical (unpaired) electrons. The Morgan fingerprint density at radius 3 is 2.11 bits per heavy atom. The monoisotopic (exact) mass is 249 g/mol. The Bertz CT molecular complexity index is 332. The molecule has 0 aliphatic rings. The molecule has 0 fully saturated rings. The third-order valence-electron chi connectivity index (χ3n) is 3.43. The van der Waals surface area contributed by atoms with E-state index in [-0.39, 0.29) is 0 Å². The molecule has 102 valence electrons. The largest absolute Gasteiger partial charge is 0.329 e. The van der Waals surface area contributed by atoms with Crippen LogP contribution in [0.25, 0.3) is 0 Å². The summed E-state index contributed by atoms with van der Waals surface area (Å²) in [4.78, 5) is 4.53. The Balaban J connectivity index is 2.68. The van der Waals surface area contributed by atoms with E-state index in [2.05, 4.69) is 62.1 Å². The summed E-state index contributed by atoms with van der Waals surface area (Å²) in [6.07, 6.45) is 1.09. The zero-order valence-corrected chi connectivity index (χ0v) is 12.2. The van der Waals surface area contributed by atoms with Crippen LogP contribution in [-0.2, 0) is 6.42 Å². The number of hydrogen-bond acceptors (Lipinski definition) is 3. The molecule has 0 bridgehead atoms. The summed E-state index contributed by atoms with van der Waals surface area (Å²) in [5, 5.41) is 0. The third-order valence-corrected chi connectivity index (χ3v) is 3.43. The highest BCUT2D eigenvalue weighted by molar-refractivity contribution is 5.25. The summed E-state index contributed by atoms with van der Waals surface area (Å²) in [5.74, 6) is 0. The SMILES string of the molecule is CCc1ccc(C(CN)N(C)CCN(C)C)cc1. The lowest BCUT2D eigenvalue weighted by atomic mass is 10.0. The quantitative estimate of drug-likeness (QED) is 0.799. The van der Waals surface area contributed by atoms with Gasteiger partial charge in [-0.25, -0.2) is 0 Å². The molecule has 0 spiro atoms. The predicted octanol–water partition coefficient (Wildman–Crippen LogP) is 1.74. The van der Waals surface area contributed by atoms with Crippen LogP contribution in [0.15, 0.2) is 24.3 Å². The van der Waals surface area contributed by atoms with Crippen LogP contribution in [0.3, 0.4) is 0 Å². The van der Waals surface area contributed by atoms with E-state index in [0.29, 0.717) is 12.6 Å². The molecule has 3 nitrogen and oxygen atoms in total. The van der Waals surface area contributed by atoms with E-state index in [1.165, 1.54) is 11.1 Å². The van der Waals surface area contributed by atoms with Crippen molar-refractivity contribution in [2.24, 2.45) is 5.73 Å². The summed E-state index contributed by atoms with van der Waals surface area (Å²) >= 11 is 0. The lowest BCUT2D eigenvalue weighted by Crippen LogP contribution is -2.35. The van der Waals surface area contributed by atoms with Crippen LogP contribution in [0.4, 0.5) is 0 Å². The van der Waals surface area contributed by atoms with E-state index in [9.17, 15) is 0 Å². The summed E-state index contributed by atoms with van der Waals surface area (Å²) in [7, 11) is 6.34. The normalized spacial score (nSPS) is 13.3. The van der Waals surface area contributed by atoms with Gasteiger partial charge in [0.25, 0.3) is 0 Å². The van der Waals surface area contributed by atoms with Crippen molar-refractivity contribution in [1.29, 1.82) is 0 Å². The van der Waals surface area contributed by atoms with Crippen molar-refractivity contribution in [3.63, 3.8) is 0 Å². The second-order valence-corrected chi connectivity index (χ2v) is 5.13. The molecule has 1 aromatic carbocycles. The molecular formula is C15H27N3. The molecule has 2 N–H and O–H groups in total. The molecule has 0 aliphatic heterocycles. The Hall–Kier alpha value is -0.900. The van der Waals surface area contributed by atoms with Gasteiger partial charge in [-0.2, -0.15) is 0 Å². The van der Waals surface area contributed by atoms with Crippen LogP contribution in [0.1, 0.15) is 24.1 Å². The standard InChI is InChI=1S/C15H27N3/c1-5-13-6-8-14(9-7-13)15(12-16)18(4)11-10-17(2)3/h6-9,15H,5,10-12,16H2,1-4H3. The number of aryl methyl sites for hydroxylation is 1. The van der Waals surface area contributed by atoms with Crippen molar-refractivity contribution < 1.29 is 0 Å². The minimum Gasteiger partial charge on any atom is -0.329 e. The van der Waals surface area contributed by atoms with Crippen LogP contribution in [-0.4, -0.2) is 50.6 Å². The molecule has 0 saturated carbocycles. The Morgan fingerprint density at radius 1 is 1.06 bits per heavy atom. The minimum atomic E-state index is 0.316. The highest BCUT2D eigenvalue weighted by atomic mass is 15.2. The fourth-order valence-electron chi connectivity index (χ4n) is 2.06. The molecule has 3 heteroatoms. The van der Waals surface area contributed by atoms with Gasteiger partial charge in [0.15, 0.2) is 0 Å². The van der Waals surface area contributed by atoms with Gasteiger partial charge in [-0.05, 0) is 38.7 Å². The predicted molar refractivity (Wildman–Crippen MR) is 78.8 cm³/mol. The first-order valence-corrected chi connectivity index (χ1v) is 6.72. The van der Waals surface area contributed by atoms with Gasteiger partial charge in [-0.3, -0.25) is 4.90 Å². The van der Waals surface area contributed by atoms with Gasteiger partial charge in [-0.1, -0.05) is 31.2 Å². The Morgan fingerprint density at radius 2 is 1.67 bits per heavy atom. The molecule has 1 unspecified atom stereocenters. The highest BCUT2D eigenvalue weighted by Gasteiger charge is 2.15. The van der Waals surface area contributed by atoms with Crippen molar-refractivity contribution in [2.45, 2.75) is 19.4 Å². The van der Waals surface area contributed by atoms with Gasteiger partial charge in [0.1, 0.15) is 0 Å². The maximum Gasteiger partial charge on any atom is 0.0467 e. The van der Waals surface area contributed by atoms with Crippen molar-refractivity contribution in [3.05, 3.63) is 35.4 Å². The molecule has 0 amide bonds. The first kappa shape index (κ1) is 15.2. The van der Waals surface area contributed by atoms with Gasteiger partial charge in [0.05, 0.1) is 0 Å². The van der Waals surface area contributed by atoms with Crippen LogP contribution >= 0.6 is 0 Å². The smallest absolute Gasteiger partial charge is 0.0467 e. The third kappa shape index (κ3) is 4.41. The average Bonchev–Trinajstić information content (AvgIpc) is 2.38. The molecule has 0 saturated heterocycles. The van der Waals surface area contributed by atoms with Gasteiger partial charge in [-0.15, -0.1) is 0 Å². The van der Waals surface area contributed by atoms with Crippen LogP contribution in [0.2, 0.25) is 0 Å². The van der Waals surface area contributed by atoms with Crippen LogP contribution in [0.5, 0.6) is 0 Å². The lowest BCUT2D eigenvalue weighted by molar-refractivity contribution is 0.223. The van der Waals surface area contributed by atoms with Gasteiger partial charge in [0, 0.05) is 25.7 Å². The van der Waals surface area contributed by atoms with Crippen molar-refractivity contribution in [3.8, 4) is 0 Å². The number of rotatable bonds is 7. The zero-order chi connectivity index (χ0) is 13.5. The number of hydrogen-bond donors (Lipinski definition) is 1. The fourth-order valence-corrected chi connectivity index (χ4v) is 2.06. The van der Waals surface area contributed by atoms with Gasteiger partial charge < -0.3 is 10.6 Å². The Labute approximate surface area is 112 Å². The molecule has 1 atom stereocenters. The van der Waals surface area contributed by atoms with E-state index in [1.807, 2.05) is 0 Å². The molecular weight excluding hydrogens is 222 g/mol. The lowest BCUT2D eigenvalue weighted by Gasteiger charge is -2.28.